The first-order valence-corrected chi connectivity index (χ1v) is 6.48. The van der Waals surface area contributed by atoms with Crippen LogP contribution in [0, 0.1) is 17.6 Å². The van der Waals surface area contributed by atoms with Crippen LogP contribution < -0.4 is 10.6 Å². The Labute approximate surface area is 107 Å². The third-order valence-electron chi connectivity index (χ3n) is 3.77. The highest BCUT2D eigenvalue weighted by Gasteiger charge is 2.20. The van der Waals surface area contributed by atoms with Gasteiger partial charge in [0.15, 0.2) is 11.6 Å². The van der Waals surface area contributed by atoms with Gasteiger partial charge < -0.3 is 10.6 Å². The van der Waals surface area contributed by atoms with Crippen molar-refractivity contribution in [3.63, 3.8) is 0 Å². The molecule has 2 N–H and O–H groups in total. The first-order chi connectivity index (χ1) is 8.56. The number of anilines is 1. The summed E-state index contributed by atoms with van der Waals surface area (Å²) in [5.74, 6) is -0.983. The molecule has 0 saturated heterocycles. The van der Waals surface area contributed by atoms with Gasteiger partial charge in [-0.2, -0.15) is 0 Å². The number of rotatable bonds is 3. The molecule has 1 aromatic rings. The molecular formula is C14H20F2N2. The Morgan fingerprint density at radius 1 is 1.17 bits per heavy atom. The molecule has 0 radical (unpaired) electrons. The normalized spacial score (nSPS) is 24.0. The van der Waals surface area contributed by atoms with E-state index in [-0.39, 0.29) is 0 Å². The van der Waals surface area contributed by atoms with E-state index in [4.69, 9.17) is 5.73 Å². The zero-order chi connectivity index (χ0) is 13.1. The zero-order valence-corrected chi connectivity index (χ0v) is 10.7. The van der Waals surface area contributed by atoms with E-state index in [1.807, 2.05) is 11.9 Å². The molecule has 0 spiro atoms. The van der Waals surface area contributed by atoms with E-state index in [1.54, 1.807) is 6.07 Å². The molecule has 0 aliphatic heterocycles. The fourth-order valence-corrected chi connectivity index (χ4v) is 2.59. The molecule has 2 nitrogen and oxygen atoms in total. The van der Waals surface area contributed by atoms with E-state index in [1.165, 1.54) is 12.1 Å². The van der Waals surface area contributed by atoms with E-state index >= 15 is 0 Å². The summed E-state index contributed by atoms with van der Waals surface area (Å²) in [7, 11) is 1.92. The Morgan fingerprint density at radius 2 is 1.83 bits per heavy atom. The molecule has 0 heterocycles. The monoisotopic (exact) mass is 254 g/mol. The average molecular weight is 254 g/mol. The zero-order valence-electron chi connectivity index (χ0n) is 10.7. The van der Waals surface area contributed by atoms with Crippen molar-refractivity contribution < 1.29 is 8.78 Å². The van der Waals surface area contributed by atoms with E-state index in [0.717, 1.165) is 37.9 Å². The fraction of sp³-hybridized carbons (Fsp3) is 0.571. The average Bonchev–Trinajstić information content (AvgIpc) is 2.35. The van der Waals surface area contributed by atoms with Gasteiger partial charge in [-0.25, -0.2) is 8.78 Å². The van der Waals surface area contributed by atoms with Crippen LogP contribution in [0.25, 0.3) is 0 Å². The number of hydrogen-bond donors (Lipinski definition) is 1. The van der Waals surface area contributed by atoms with Gasteiger partial charge in [0.05, 0.1) is 0 Å². The van der Waals surface area contributed by atoms with Gasteiger partial charge in [0, 0.05) is 31.4 Å². The number of nitrogens with zero attached hydrogens (tertiary/aromatic N) is 1. The fourth-order valence-electron chi connectivity index (χ4n) is 2.59. The molecule has 18 heavy (non-hydrogen) atoms. The number of halogens is 2. The maximum atomic E-state index is 13.2. The van der Waals surface area contributed by atoms with Crippen molar-refractivity contribution in [2.45, 2.75) is 31.7 Å². The lowest BCUT2D eigenvalue weighted by Gasteiger charge is -2.30. The molecule has 0 aromatic heterocycles. The lowest BCUT2D eigenvalue weighted by molar-refractivity contribution is 0.330. The highest BCUT2D eigenvalue weighted by Crippen LogP contribution is 2.26. The van der Waals surface area contributed by atoms with Crippen molar-refractivity contribution in [1.82, 2.24) is 0 Å². The van der Waals surface area contributed by atoms with Gasteiger partial charge in [0.2, 0.25) is 0 Å². The summed E-state index contributed by atoms with van der Waals surface area (Å²) in [6.07, 6.45) is 4.37. The molecule has 4 heteroatoms. The lowest BCUT2D eigenvalue weighted by Crippen LogP contribution is -2.32. The summed E-state index contributed by atoms with van der Waals surface area (Å²) < 4.78 is 26.0. The number of hydrogen-bond acceptors (Lipinski definition) is 2. The summed E-state index contributed by atoms with van der Waals surface area (Å²) >= 11 is 0. The maximum absolute atomic E-state index is 13.2. The Morgan fingerprint density at radius 3 is 2.44 bits per heavy atom. The Hall–Kier alpha value is -1.16. The largest absolute Gasteiger partial charge is 0.374 e. The summed E-state index contributed by atoms with van der Waals surface area (Å²) in [5, 5.41) is 0. The molecule has 1 saturated carbocycles. The third kappa shape index (κ3) is 3.19. The first kappa shape index (κ1) is 13.3. The second-order valence-electron chi connectivity index (χ2n) is 5.26. The summed E-state index contributed by atoms with van der Waals surface area (Å²) in [5.41, 5.74) is 6.60. The predicted octanol–water partition coefficient (Wildman–Crippen LogP) is 2.92. The minimum absolute atomic E-state index is 0.342. The molecule has 0 amide bonds. The van der Waals surface area contributed by atoms with Crippen LogP contribution in [0.3, 0.4) is 0 Å². The maximum Gasteiger partial charge on any atom is 0.160 e. The lowest BCUT2D eigenvalue weighted by atomic mass is 9.86. The van der Waals surface area contributed by atoms with Gasteiger partial charge in [0.25, 0.3) is 0 Å². The van der Waals surface area contributed by atoms with Crippen molar-refractivity contribution in [1.29, 1.82) is 0 Å². The van der Waals surface area contributed by atoms with Crippen molar-refractivity contribution in [3.05, 3.63) is 29.8 Å². The van der Waals surface area contributed by atoms with Crippen LogP contribution in [0.5, 0.6) is 0 Å². The number of nitrogens with two attached hydrogens (primary N) is 1. The summed E-state index contributed by atoms with van der Waals surface area (Å²) in [6, 6.07) is 4.39. The van der Waals surface area contributed by atoms with E-state index < -0.39 is 11.6 Å². The van der Waals surface area contributed by atoms with Gasteiger partial charge in [-0.3, -0.25) is 0 Å². The van der Waals surface area contributed by atoms with Crippen molar-refractivity contribution in [2.75, 3.05) is 18.5 Å². The van der Waals surface area contributed by atoms with Gasteiger partial charge in [-0.15, -0.1) is 0 Å². The van der Waals surface area contributed by atoms with Gasteiger partial charge >= 0.3 is 0 Å². The van der Waals surface area contributed by atoms with Crippen LogP contribution in [0.4, 0.5) is 14.5 Å². The van der Waals surface area contributed by atoms with Gasteiger partial charge in [-0.1, -0.05) is 0 Å². The van der Waals surface area contributed by atoms with Crippen molar-refractivity contribution in [2.24, 2.45) is 11.7 Å². The quantitative estimate of drug-likeness (QED) is 0.898. The highest BCUT2D eigenvalue weighted by molar-refractivity contribution is 5.45. The minimum Gasteiger partial charge on any atom is -0.374 e. The molecule has 0 bridgehead atoms. The van der Waals surface area contributed by atoms with Crippen molar-refractivity contribution in [3.8, 4) is 0 Å². The van der Waals surface area contributed by atoms with Crippen LogP contribution in [-0.2, 0) is 0 Å². The molecule has 0 unspecified atom stereocenters. The molecule has 1 aliphatic rings. The molecule has 2 rings (SSSR count). The van der Waals surface area contributed by atoms with Crippen LogP contribution >= 0.6 is 0 Å². The summed E-state index contributed by atoms with van der Waals surface area (Å²) in [6.45, 7) is 0.873. The standard InChI is InChI=1S/C14H20F2N2/c1-18(9-10-2-4-11(17)5-3-10)12-6-7-13(15)14(16)8-12/h6-8,10-11H,2-5,9,17H2,1H3. The number of benzene rings is 1. The van der Waals surface area contributed by atoms with E-state index in [2.05, 4.69) is 0 Å². The first-order valence-electron chi connectivity index (χ1n) is 6.48. The smallest absolute Gasteiger partial charge is 0.160 e. The second-order valence-corrected chi connectivity index (χ2v) is 5.26. The van der Waals surface area contributed by atoms with Crippen molar-refractivity contribution >= 4 is 5.69 Å². The third-order valence-corrected chi connectivity index (χ3v) is 3.77. The molecule has 100 valence electrons. The predicted molar refractivity (Wildman–Crippen MR) is 69.6 cm³/mol. The highest BCUT2D eigenvalue weighted by atomic mass is 19.2. The Bertz CT molecular complexity index is 401. The molecule has 1 fully saturated rings. The molecular weight excluding hydrogens is 234 g/mol. The van der Waals surface area contributed by atoms with Crippen LogP contribution in [0.1, 0.15) is 25.7 Å². The Kier molecular flexibility index (Phi) is 4.17. The molecule has 0 atom stereocenters. The molecule has 1 aliphatic carbocycles. The Balaban J connectivity index is 1.94. The summed E-state index contributed by atoms with van der Waals surface area (Å²) in [4.78, 5) is 1.99. The van der Waals surface area contributed by atoms with E-state index in [0.29, 0.717) is 12.0 Å². The second kappa shape index (κ2) is 5.65. The van der Waals surface area contributed by atoms with Gasteiger partial charge in [-0.05, 0) is 43.7 Å². The van der Waals surface area contributed by atoms with E-state index in [9.17, 15) is 8.78 Å². The van der Waals surface area contributed by atoms with Gasteiger partial charge in [0.1, 0.15) is 0 Å². The molecule has 1 aromatic carbocycles. The van der Waals surface area contributed by atoms with Crippen LogP contribution in [0.15, 0.2) is 18.2 Å². The van der Waals surface area contributed by atoms with Crippen LogP contribution in [0.2, 0.25) is 0 Å². The topological polar surface area (TPSA) is 29.3 Å². The minimum atomic E-state index is -0.796. The van der Waals surface area contributed by atoms with Crippen LogP contribution in [-0.4, -0.2) is 19.6 Å². The SMILES string of the molecule is CN(CC1CCC(N)CC1)c1ccc(F)c(F)c1.